The van der Waals surface area contributed by atoms with Crippen molar-refractivity contribution in [3.8, 4) is 0 Å². The second-order valence-corrected chi connectivity index (χ2v) is 7.29. The SMILES string of the molecule is CC.CCC(C)(C)C(=O)OCC(=O)OC1(CC)CC2CCC1C2. The maximum atomic E-state index is 12.1. The lowest BCUT2D eigenvalue weighted by Crippen LogP contribution is -2.41. The molecule has 2 aliphatic carbocycles. The number of hydrogen-bond acceptors (Lipinski definition) is 4. The van der Waals surface area contributed by atoms with E-state index in [1.807, 2.05) is 34.6 Å². The number of fused-ring (bicyclic) bond motifs is 2. The predicted molar refractivity (Wildman–Crippen MR) is 90.9 cm³/mol. The van der Waals surface area contributed by atoms with Crippen LogP contribution in [0, 0.1) is 17.3 Å². The van der Waals surface area contributed by atoms with Crippen molar-refractivity contribution in [2.24, 2.45) is 17.3 Å². The fourth-order valence-electron chi connectivity index (χ4n) is 3.74. The van der Waals surface area contributed by atoms with Crippen LogP contribution in [0.5, 0.6) is 0 Å². The molecule has 0 saturated heterocycles. The molecule has 4 nitrogen and oxygen atoms in total. The number of ether oxygens (including phenoxy) is 2. The molecule has 2 saturated carbocycles. The Morgan fingerprint density at radius 1 is 1.17 bits per heavy atom. The first-order valence-electron chi connectivity index (χ1n) is 9.22. The van der Waals surface area contributed by atoms with Gasteiger partial charge in [0, 0.05) is 0 Å². The third kappa shape index (κ3) is 4.48. The van der Waals surface area contributed by atoms with Gasteiger partial charge in [0.05, 0.1) is 5.41 Å². The molecule has 134 valence electrons. The van der Waals surface area contributed by atoms with Crippen LogP contribution in [0.15, 0.2) is 0 Å². The Balaban J connectivity index is 0.00000127. The Morgan fingerprint density at radius 2 is 1.83 bits per heavy atom. The van der Waals surface area contributed by atoms with Crippen LogP contribution in [0.25, 0.3) is 0 Å². The number of carbonyl (C=O) groups is 2. The fraction of sp³-hybridized carbons (Fsp3) is 0.895. The molecule has 2 fully saturated rings. The summed E-state index contributed by atoms with van der Waals surface area (Å²) in [4.78, 5) is 23.9. The molecule has 0 heterocycles. The van der Waals surface area contributed by atoms with Crippen LogP contribution in [0.2, 0.25) is 0 Å². The molecule has 0 amide bonds. The van der Waals surface area contributed by atoms with Crippen LogP contribution >= 0.6 is 0 Å². The number of rotatable bonds is 6. The molecule has 2 aliphatic rings. The van der Waals surface area contributed by atoms with Gasteiger partial charge in [-0.2, -0.15) is 0 Å². The second-order valence-electron chi connectivity index (χ2n) is 7.29. The third-order valence-electron chi connectivity index (χ3n) is 5.59. The van der Waals surface area contributed by atoms with Gasteiger partial charge in [0.1, 0.15) is 5.60 Å². The smallest absolute Gasteiger partial charge is 0.344 e. The van der Waals surface area contributed by atoms with Gasteiger partial charge in [0.15, 0.2) is 6.61 Å². The van der Waals surface area contributed by atoms with Gasteiger partial charge in [-0.15, -0.1) is 0 Å². The molecule has 23 heavy (non-hydrogen) atoms. The minimum absolute atomic E-state index is 0.263. The van der Waals surface area contributed by atoms with Gasteiger partial charge < -0.3 is 9.47 Å². The van der Waals surface area contributed by atoms with Crippen LogP contribution in [-0.4, -0.2) is 24.1 Å². The Bertz CT molecular complexity index is 416. The molecule has 3 unspecified atom stereocenters. The van der Waals surface area contributed by atoms with Crippen LogP contribution in [0.1, 0.15) is 80.1 Å². The average molecular weight is 326 g/mol. The number of hydrogen-bond donors (Lipinski definition) is 0. The quantitative estimate of drug-likeness (QED) is 0.674. The van der Waals surface area contributed by atoms with Gasteiger partial charge in [0.25, 0.3) is 0 Å². The fourth-order valence-corrected chi connectivity index (χ4v) is 3.74. The van der Waals surface area contributed by atoms with E-state index in [2.05, 4.69) is 6.92 Å². The molecule has 0 aromatic rings. The van der Waals surface area contributed by atoms with Crippen LogP contribution in [0.3, 0.4) is 0 Å². The van der Waals surface area contributed by atoms with Gasteiger partial charge in [-0.25, -0.2) is 4.79 Å². The molecule has 4 heteroatoms. The first-order valence-corrected chi connectivity index (χ1v) is 9.22. The van der Waals surface area contributed by atoms with Crippen molar-refractivity contribution in [1.29, 1.82) is 0 Å². The molecule has 0 radical (unpaired) electrons. The van der Waals surface area contributed by atoms with Gasteiger partial charge in [-0.1, -0.05) is 27.7 Å². The first-order chi connectivity index (χ1) is 10.8. The normalized spacial score (nSPS) is 28.8. The summed E-state index contributed by atoms with van der Waals surface area (Å²) < 4.78 is 10.9. The zero-order chi connectivity index (χ0) is 17.7. The lowest BCUT2D eigenvalue weighted by Gasteiger charge is -2.36. The number of carbonyl (C=O) groups excluding carboxylic acids is 2. The second kappa shape index (κ2) is 8.16. The molecular formula is C19H34O4. The Labute approximate surface area is 141 Å². The molecule has 2 bridgehead atoms. The van der Waals surface area contributed by atoms with E-state index in [4.69, 9.17) is 9.47 Å². The lowest BCUT2D eigenvalue weighted by molar-refractivity contribution is -0.178. The van der Waals surface area contributed by atoms with Gasteiger partial charge in [-0.05, 0) is 64.2 Å². The van der Waals surface area contributed by atoms with Crippen molar-refractivity contribution in [3.63, 3.8) is 0 Å². The summed E-state index contributed by atoms with van der Waals surface area (Å²) in [6, 6.07) is 0. The summed E-state index contributed by atoms with van der Waals surface area (Å²) in [5.74, 6) is 0.480. The van der Waals surface area contributed by atoms with Gasteiger partial charge in [-0.3, -0.25) is 4.79 Å². The first kappa shape index (κ1) is 20.0. The molecule has 0 aromatic heterocycles. The highest BCUT2D eigenvalue weighted by Gasteiger charge is 2.52. The summed E-state index contributed by atoms with van der Waals surface area (Å²) in [7, 11) is 0. The maximum Gasteiger partial charge on any atom is 0.344 e. The highest BCUT2D eigenvalue weighted by atomic mass is 16.6. The van der Waals surface area contributed by atoms with Gasteiger partial charge >= 0.3 is 11.9 Å². The Hall–Kier alpha value is -1.06. The minimum Gasteiger partial charge on any atom is -0.456 e. The van der Waals surface area contributed by atoms with Crippen LogP contribution < -0.4 is 0 Å². The topological polar surface area (TPSA) is 52.6 Å². The molecule has 0 spiro atoms. The average Bonchev–Trinajstić information content (AvgIpc) is 3.15. The Morgan fingerprint density at radius 3 is 2.26 bits per heavy atom. The summed E-state index contributed by atoms with van der Waals surface area (Å²) in [5, 5.41) is 0. The highest BCUT2D eigenvalue weighted by Crippen LogP contribution is 2.54. The van der Waals surface area contributed by atoms with Crippen LogP contribution in [0.4, 0.5) is 0 Å². The standard InChI is InChI=1S/C17H28O4.C2H6/c1-5-16(3,4)15(19)20-11-14(18)21-17(6-2)10-12-7-8-13(17)9-12;1-2/h12-13H,5-11H2,1-4H3;1-2H3. The van der Waals surface area contributed by atoms with Crippen molar-refractivity contribution < 1.29 is 19.1 Å². The largest absolute Gasteiger partial charge is 0.456 e. The summed E-state index contributed by atoms with van der Waals surface area (Å²) in [5.41, 5.74) is -0.845. The third-order valence-corrected chi connectivity index (χ3v) is 5.59. The molecule has 3 atom stereocenters. The summed E-state index contributed by atoms with van der Waals surface area (Å²) in [6.45, 7) is 11.4. The monoisotopic (exact) mass is 326 g/mol. The van der Waals surface area contributed by atoms with E-state index in [0.717, 1.165) is 19.3 Å². The van der Waals surface area contributed by atoms with E-state index < -0.39 is 11.4 Å². The predicted octanol–water partition coefficient (Wildman–Crippen LogP) is 4.50. The zero-order valence-electron chi connectivity index (χ0n) is 15.7. The molecular weight excluding hydrogens is 292 g/mol. The van der Waals surface area contributed by atoms with E-state index in [0.29, 0.717) is 18.3 Å². The van der Waals surface area contributed by atoms with Crippen molar-refractivity contribution in [2.45, 2.75) is 85.7 Å². The molecule has 0 N–H and O–H groups in total. The minimum atomic E-state index is -0.546. The van der Waals surface area contributed by atoms with Crippen molar-refractivity contribution in [3.05, 3.63) is 0 Å². The van der Waals surface area contributed by atoms with Crippen molar-refractivity contribution >= 4 is 11.9 Å². The van der Waals surface area contributed by atoms with E-state index in [1.165, 1.54) is 12.8 Å². The summed E-state index contributed by atoms with van der Waals surface area (Å²) in [6.07, 6.45) is 6.13. The van der Waals surface area contributed by atoms with E-state index >= 15 is 0 Å². The van der Waals surface area contributed by atoms with Crippen molar-refractivity contribution in [2.75, 3.05) is 6.61 Å². The lowest BCUT2D eigenvalue weighted by atomic mass is 9.82. The van der Waals surface area contributed by atoms with Gasteiger partial charge in [0.2, 0.25) is 0 Å². The molecule has 2 rings (SSSR count). The zero-order valence-corrected chi connectivity index (χ0v) is 15.7. The highest BCUT2D eigenvalue weighted by molar-refractivity contribution is 5.80. The van der Waals surface area contributed by atoms with Crippen LogP contribution in [-0.2, 0) is 19.1 Å². The van der Waals surface area contributed by atoms with E-state index in [1.54, 1.807) is 0 Å². The van der Waals surface area contributed by atoms with E-state index in [-0.39, 0.29) is 18.2 Å². The Kier molecular flexibility index (Phi) is 7.09. The van der Waals surface area contributed by atoms with E-state index in [9.17, 15) is 9.59 Å². The summed E-state index contributed by atoms with van der Waals surface area (Å²) >= 11 is 0. The van der Waals surface area contributed by atoms with Crippen molar-refractivity contribution in [1.82, 2.24) is 0 Å². The maximum absolute atomic E-state index is 12.1. The molecule has 0 aliphatic heterocycles. The number of esters is 2. The molecule has 0 aromatic carbocycles.